The van der Waals surface area contributed by atoms with Crippen molar-refractivity contribution >= 4 is 77.7 Å². The monoisotopic (exact) mass is 894 g/mol. The van der Waals surface area contributed by atoms with Gasteiger partial charge in [-0.05, 0) is 126 Å². The van der Waals surface area contributed by atoms with Crippen molar-refractivity contribution in [1.29, 1.82) is 0 Å². The molecule has 70 heavy (non-hydrogen) atoms. The van der Waals surface area contributed by atoms with E-state index in [1.165, 1.54) is 43.6 Å². The molecule has 0 aliphatic heterocycles. The van der Waals surface area contributed by atoms with Crippen LogP contribution in [-0.4, -0.2) is 9.13 Å². The zero-order chi connectivity index (χ0) is 46.4. The van der Waals surface area contributed by atoms with Gasteiger partial charge in [0, 0.05) is 61.2 Å². The number of aromatic nitrogens is 2. The van der Waals surface area contributed by atoms with Crippen LogP contribution in [0.5, 0.6) is 0 Å². The van der Waals surface area contributed by atoms with Crippen molar-refractivity contribution in [1.82, 2.24) is 9.13 Å². The molecule has 0 radical (unpaired) electrons. The molecule has 11 aromatic carbocycles. The lowest BCUT2D eigenvalue weighted by atomic mass is 9.93. The van der Waals surface area contributed by atoms with Crippen molar-refractivity contribution in [2.45, 2.75) is 0 Å². The molecule has 4 nitrogen and oxygen atoms in total. The van der Waals surface area contributed by atoms with Gasteiger partial charge in [0.2, 0.25) is 0 Å². The van der Waals surface area contributed by atoms with Crippen LogP contribution in [0.15, 0.2) is 279 Å². The summed E-state index contributed by atoms with van der Waals surface area (Å²) in [5.74, 6) is 0. The van der Waals surface area contributed by atoms with E-state index in [0.29, 0.717) is 0 Å². The molecule has 2 aromatic heterocycles. The number of benzene rings is 11. The van der Waals surface area contributed by atoms with E-state index in [2.05, 4.69) is 298 Å². The van der Waals surface area contributed by atoms with Gasteiger partial charge in [-0.2, -0.15) is 0 Å². The molecule has 0 unspecified atom stereocenters. The largest absolute Gasteiger partial charge is 0.310 e. The van der Waals surface area contributed by atoms with Gasteiger partial charge in [0.1, 0.15) is 0 Å². The SMILES string of the molecule is c1ccc(N(c2ccccc2)c2cc(-c3ccc(-n4c5ccccc5c5ccccc54)cc3)cc(N(c3ccccc3)c3ccccc3)c2-c2ccc(-n3c4ccccc4c4ccccc43)cc2)cc1. The zero-order valence-corrected chi connectivity index (χ0v) is 38.3. The lowest BCUT2D eigenvalue weighted by Crippen LogP contribution is -2.16. The smallest absolute Gasteiger partial charge is 0.0567 e. The predicted molar refractivity (Wildman–Crippen MR) is 295 cm³/mol. The van der Waals surface area contributed by atoms with Gasteiger partial charge in [-0.1, -0.05) is 170 Å². The van der Waals surface area contributed by atoms with E-state index in [1.807, 2.05) is 0 Å². The van der Waals surface area contributed by atoms with Gasteiger partial charge in [-0.3, -0.25) is 0 Å². The summed E-state index contributed by atoms with van der Waals surface area (Å²) in [5.41, 5.74) is 17.7. The molecule has 0 spiro atoms. The number of hydrogen-bond acceptors (Lipinski definition) is 2. The summed E-state index contributed by atoms with van der Waals surface area (Å²) >= 11 is 0. The van der Waals surface area contributed by atoms with Gasteiger partial charge in [-0.25, -0.2) is 0 Å². The minimum Gasteiger partial charge on any atom is -0.310 e. The Kier molecular flexibility index (Phi) is 10.1. The van der Waals surface area contributed by atoms with Gasteiger partial charge >= 0.3 is 0 Å². The molecule has 0 saturated heterocycles. The van der Waals surface area contributed by atoms with Gasteiger partial charge in [-0.15, -0.1) is 0 Å². The van der Waals surface area contributed by atoms with Crippen molar-refractivity contribution in [3.63, 3.8) is 0 Å². The fourth-order valence-electron chi connectivity index (χ4n) is 10.6. The third-order valence-corrected chi connectivity index (χ3v) is 13.7. The second-order valence-corrected chi connectivity index (χ2v) is 17.7. The third kappa shape index (κ3) is 7.01. The number of nitrogens with zero attached hydrogens (tertiary/aromatic N) is 4. The lowest BCUT2D eigenvalue weighted by Gasteiger charge is -2.34. The Morgan fingerprint density at radius 2 is 0.500 bits per heavy atom. The highest BCUT2D eigenvalue weighted by molar-refractivity contribution is 6.10. The van der Waals surface area contributed by atoms with E-state index < -0.39 is 0 Å². The summed E-state index contributed by atoms with van der Waals surface area (Å²) in [4.78, 5) is 4.84. The molecule has 13 aromatic rings. The Morgan fingerprint density at radius 1 is 0.229 bits per heavy atom. The first-order valence-electron chi connectivity index (χ1n) is 23.9. The zero-order valence-electron chi connectivity index (χ0n) is 38.3. The molecule has 0 aliphatic rings. The van der Waals surface area contributed by atoms with E-state index in [9.17, 15) is 0 Å². The summed E-state index contributed by atoms with van der Waals surface area (Å²) in [6, 6.07) is 101. The molecular formula is C66H46N4. The Hall–Kier alpha value is -9.38. The van der Waals surface area contributed by atoms with Crippen LogP contribution in [0.2, 0.25) is 0 Å². The molecule has 2 heterocycles. The Balaban J connectivity index is 1.08. The highest BCUT2D eigenvalue weighted by Crippen LogP contribution is 2.51. The molecule has 0 N–H and O–H groups in total. The maximum atomic E-state index is 2.42. The predicted octanol–water partition coefficient (Wildman–Crippen LogP) is 18.2. The lowest BCUT2D eigenvalue weighted by molar-refractivity contribution is 1.18. The standard InChI is InChI=1S/C66H46N4/c1-5-21-50(22-6-1)67(51-23-7-2-8-24-51)64-45-49(47-37-41-54(42-38-47)69-60-33-17-13-29-56(60)57-30-14-18-34-61(57)69)46-65(68(52-25-9-3-10-26-52)53-27-11-4-12-28-53)66(64)48-39-43-55(44-40-48)70-62-35-19-15-31-58(62)59-32-16-20-36-63(59)70/h1-46H. The van der Waals surface area contributed by atoms with Crippen molar-refractivity contribution in [3.8, 4) is 33.6 Å². The summed E-state index contributed by atoms with van der Waals surface area (Å²) in [6.45, 7) is 0. The maximum Gasteiger partial charge on any atom is 0.0567 e. The molecular weight excluding hydrogens is 849 g/mol. The topological polar surface area (TPSA) is 16.3 Å². The summed E-state index contributed by atoms with van der Waals surface area (Å²) < 4.78 is 4.78. The molecule has 0 fully saturated rings. The molecule has 0 bridgehead atoms. The molecule has 0 saturated carbocycles. The first-order valence-corrected chi connectivity index (χ1v) is 23.9. The maximum absolute atomic E-state index is 2.42. The number of anilines is 6. The van der Waals surface area contributed by atoms with Crippen molar-refractivity contribution < 1.29 is 0 Å². The molecule has 0 atom stereocenters. The minimum atomic E-state index is 1.05. The second kappa shape index (κ2) is 17.4. The Labute approximate surface area is 407 Å². The van der Waals surface area contributed by atoms with Crippen LogP contribution in [0.25, 0.3) is 77.2 Å². The van der Waals surface area contributed by atoms with Crippen LogP contribution in [0.1, 0.15) is 0 Å². The van der Waals surface area contributed by atoms with Crippen LogP contribution >= 0.6 is 0 Å². The van der Waals surface area contributed by atoms with Crippen molar-refractivity contribution in [2.75, 3.05) is 9.80 Å². The number of hydrogen-bond donors (Lipinski definition) is 0. The first kappa shape index (κ1) is 40.9. The Morgan fingerprint density at radius 3 is 0.814 bits per heavy atom. The number of para-hydroxylation sites is 8. The highest BCUT2D eigenvalue weighted by Gasteiger charge is 2.26. The van der Waals surface area contributed by atoms with Crippen LogP contribution in [-0.2, 0) is 0 Å². The minimum absolute atomic E-state index is 1.05. The van der Waals surface area contributed by atoms with Crippen LogP contribution < -0.4 is 9.80 Å². The fraction of sp³-hybridized carbons (Fsp3) is 0. The number of fused-ring (bicyclic) bond motifs is 6. The van der Waals surface area contributed by atoms with Gasteiger partial charge < -0.3 is 18.9 Å². The molecule has 4 heteroatoms. The molecule has 0 amide bonds. The molecule has 0 aliphatic carbocycles. The summed E-state index contributed by atoms with van der Waals surface area (Å²) in [6.07, 6.45) is 0. The quantitative estimate of drug-likeness (QED) is 0.136. The van der Waals surface area contributed by atoms with Gasteiger partial charge in [0.05, 0.1) is 33.4 Å². The summed E-state index contributed by atoms with van der Waals surface area (Å²) in [5, 5.41) is 4.99. The average molecular weight is 895 g/mol. The molecule has 330 valence electrons. The van der Waals surface area contributed by atoms with E-state index >= 15 is 0 Å². The van der Waals surface area contributed by atoms with Gasteiger partial charge in [0.15, 0.2) is 0 Å². The summed E-state index contributed by atoms with van der Waals surface area (Å²) in [7, 11) is 0. The first-order chi connectivity index (χ1) is 34.8. The van der Waals surface area contributed by atoms with Gasteiger partial charge in [0.25, 0.3) is 0 Å². The highest BCUT2D eigenvalue weighted by atomic mass is 15.2. The van der Waals surface area contributed by atoms with E-state index in [-0.39, 0.29) is 0 Å². The van der Waals surface area contributed by atoms with Crippen LogP contribution in [0.4, 0.5) is 34.1 Å². The number of rotatable bonds is 10. The van der Waals surface area contributed by atoms with Crippen molar-refractivity contribution in [2.24, 2.45) is 0 Å². The Bertz CT molecular complexity index is 3680. The normalized spacial score (nSPS) is 11.4. The molecule has 13 rings (SSSR count). The van der Waals surface area contributed by atoms with Crippen LogP contribution in [0, 0.1) is 0 Å². The van der Waals surface area contributed by atoms with E-state index in [4.69, 9.17) is 0 Å². The third-order valence-electron chi connectivity index (χ3n) is 13.7. The average Bonchev–Trinajstić information content (AvgIpc) is 3.95. The van der Waals surface area contributed by atoms with E-state index in [1.54, 1.807) is 0 Å². The van der Waals surface area contributed by atoms with E-state index in [0.717, 1.165) is 67.8 Å². The van der Waals surface area contributed by atoms with Crippen molar-refractivity contribution in [3.05, 3.63) is 279 Å². The fourth-order valence-corrected chi connectivity index (χ4v) is 10.6. The second-order valence-electron chi connectivity index (χ2n) is 17.7. The van der Waals surface area contributed by atoms with Crippen LogP contribution in [0.3, 0.4) is 0 Å².